The Kier molecular flexibility index (Phi) is 2.07. The van der Waals surface area contributed by atoms with Crippen LogP contribution in [0.1, 0.15) is 5.56 Å². The highest BCUT2D eigenvalue weighted by Gasteiger charge is 2.09. The van der Waals surface area contributed by atoms with Crippen LogP contribution in [0.15, 0.2) is 10.9 Å². The minimum Gasteiger partial charge on any atom is -0.506 e. The lowest BCUT2D eigenvalue weighted by molar-refractivity contribution is 0.470. The molecule has 1 N–H and O–H groups in total. The van der Waals surface area contributed by atoms with Crippen LogP contribution in [-0.4, -0.2) is 9.67 Å². The van der Waals surface area contributed by atoms with E-state index in [2.05, 4.69) is 0 Å². The normalized spacial score (nSPS) is 9.42. The van der Waals surface area contributed by atoms with Gasteiger partial charge < -0.3 is 9.67 Å². The van der Waals surface area contributed by atoms with Crippen molar-refractivity contribution in [3.8, 4) is 11.8 Å². The van der Waals surface area contributed by atoms with Crippen molar-refractivity contribution in [1.29, 1.82) is 5.26 Å². The monoisotopic (exact) mass is 184 g/mol. The molecule has 0 spiro atoms. The number of aromatic nitrogens is 1. The molecule has 0 aliphatic rings. The molecule has 0 atom stereocenters. The number of nitriles is 1. The molecule has 1 aromatic heterocycles. The number of pyridine rings is 1. The summed E-state index contributed by atoms with van der Waals surface area (Å²) in [5, 5.41) is 17.6. The van der Waals surface area contributed by atoms with E-state index in [-0.39, 0.29) is 16.5 Å². The first-order valence-corrected chi connectivity index (χ1v) is 3.44. The van der Waals surface area contributed by atoms with Gasteiger partial charge in [-0.2, -0.15) is 5.26 Å². The van der Waals surface area contributed by atoms with Crippen LogP contribution in [-0.2, 0) is 7.05 Å². The van der Waals surface area contributed by atoms with E-state index in [0.29, 0.717) is 0 Å². The van der Waals surface area contributed by atoms with Gasteiger partial charge in [-0.05, 0) is 0 Å². The zero-order valence-corrected chi connectivity index (χ0v) is 6.96. The van der Waals surface area contributed by atoms with Gasteiger partial charge in [-0.1, -0.05) is 11.6 Å². The van der Waals surface area contributed by atoms with Crippen LogP contribution in [0.2, 0.25) is 5.15 Å². The summed E-state index contributed by atoms with van der Waals surface area (Å²) in [6, 6.07) is 2.74. The van der Waals surface area contributed by atoms with E-state index in [1.165, 1.54) is 7.05 Å². The molecule has 0 bridgehead atoms. The standard InChI is InChI=1S/C7H5ClN2O2/c1-10-6(8)2-5(11)4(3-9)7(10)12/h2,11H,1H3. The molecule has 62 valence electrons. The molecule has 1 aromatic rings. The van der Waals surface area contributed by atoms with Crippen molar-refractivity contribution in [2.24, 2.45) is 7.05 Å². The van der Waals surface area contributed by atoms with E-state index in [1.807, 2.05) is 0 Å². The first kappa shape index (κ1) is 8.62. The van der Waals surface area contributed by atoms with E-state index < -0.39 is 5.56 Å². The molecule has 0 aliphatic carbocycles. The van der Waals surface area contributed by atoms with Crippen LogP contribution < -0.4 is 5.56 Å². The van der Waals surface area contributed by atoms with E-state index in [1.54, 1.807) is 6.07 Å². The summed E-state index contributed by atoms with van der Waals surface area (Å²) < 4.78 is 1.08. The molecule has 0 saturated carbocycles. The molecule has 0 aromatic carbocycles. The van der Waals surface area contributed by atoms with Gasteiger partial charge in [0.15, 0.2) is 5.56 Å². The highest BCUT2D eigenvalue weighted by atomic mass is 35.5. The quantitative estimate of drug-likeness (QED) is 0.601. The summed E-state index contributed by atoms with van der Waals surface area (Å²) in [6.07, 6.45) is 0. The molecule has 0 aliphatic heterocycles. The van der Waals surface area contributed by atoms with Crippen LogP contribution in [0.5, 0.6) is 5.75 Å². The van der Waals surface area contributed by atoms with Crippen LogP contribution in [0.3, 0.4) is 0 Å². The Hall–Kier alpha value is -1.47. The van der Waals surface area contributed by atoms with Crippen LogP contribution in [0.4, 0.5) is 0 Å². The SMILES string of the molecule is Cn1c(Cl)cc(O)c(C#N)c1=O. The van der Waals surface area contributed by atoms with Gasteiger partial charge in [0.25, 0.3) is 5.56 Å². The molecule has 0 saturated heterocycles. The molecular weight excluding hydrogens is 180 g/mol. The topological polar surface area (TPSA) is 66.0 Å². The van der Waals surface area contributed by atoms with Crippen LogP contribution in [0, 0.1) is 11.3 Å². The largest absolute Gasteiger partial charge is 0.506 e. The summed E-state index contributed by atoms with van der Waals surface area (Å²) in [6.45, 7) is 0. The zero-order valence-electron chi connectivity index (χ0n) is 6.21. The maximum atomic E-state index is 11.1. The van der Waals surface area contributed by atoms with Crippen molar-refractivity contribution >= 4 is 11.6 Å². The van der Waals surface area contributed by atoms with Gasteiger partial charge in [-0.25, -0.2) is 0 Å². The fourth-order valence-electron chi connectivity index (χ4n) is 0.761. The summed E-state index contributed by atoms with van der Waals surface area (Å²) in [5.41, 5.74) is -0.885. The van der Waals surface area contributed by atoms with Crippen molar-refractivity contribution < 1.29 is 5.11 Å². The first-order chi connectivity index (χ1) is 5.57. The Morgan fingerprint density at radius 3 is 2.83 bits per heavy atom. The molecule has 0 amide bonds. The second-order valence-electron chi connectivity index (χ2n) is 2.20. The van der Waals surface area contributed by atoms with Crippen molar-refractivity contribution in [1.82, 2.24) is 4.57 Å². The smallest absolute Gasteiger partial charge is 0.273 e. The molecule has 0 fully saturated rings. The highest BCUT2D eigenvalue weighted by molar-refractivity contribution is 6.29. The highest BCUT2D eigenvalue weighted by Crippen LogP contribution is 2.16. The number of halogens is 1. The minimum atomic E-state index is -0.595. The predicted molar refractivity (Wildman–Crippen MR) is 43.1 cm³/mol. The molecule has 1 rings (SSSR count). The molecule has 0 radical (unpaired) electrons. The fourth-order valence-corrected chi connectivity index (χ4v) is 0.941. The predicted octanol–water partition coefficient (Wildman–Crippen LogP) is 0.616. The first-order valence-electron chi connectivity index (χ1n) is 3.06. The number of nitrogens with zero attached hydrogens (tertiary/aromatic N) is 2. The zero-order chi connectivity index (χ0) is 9.30. The summed E-state index contributed by atoms with van der Waals surface area (Å²) in [4.78, 5) is 11.1. The third-order valence-electron chi connectivity index (χ3n) is 1.46. The molecule has 0 unspecified atom stereocenters. The molecular formula is C7H5ClN2O2. The number of hydrogen-bond acceptors (Lipinski definition) is 3. The summed E-state index contributed by atoms with van der Waals surface area (Å²) >= 11 is 5.54. The third kappa shape index (κ3) is 1.15. The van der Waals surface area contributed by atoms with E-state index in [0.717, 1.165) is 10.6 Å². The second-order valence-corrected chi connectivity index (χ2v) is 2.59. The van der Waals surface area contributed by atoms with Gasteiger partial charge in [-0.3, -0.25) is 4.79 Å². The van der Waals surface area contributed by atoms with Crippen molar-refractivity contribution in [3.63, 3.8) is 0 Å². The van der Waals surface area contributed by atoms with E-state index >= 15 is 0 Å². The molecule has 1 heterocycles. The number of hydrogen-bond donors (Lipinski definition) is 1. The van der Waals surface area contributed by atoms with Crippen molar-refractivity contribution in [2.45, 2.75) is 0 Å². The minimum absolute atomic E-state index is 0.0940. The van der Waals surface area contributed by atoms with Gasteiger partial charge in [-0.15, -0.1) is 0 Å². The van der Waals surface area contributed by atoms with Crippen molar-refractivity contribution in [2.75, 3.05) is 0 Å². The number of rotatable bonds is 0. The van der Waals surface area contributed by atoms with Gasteiger partial charge in [0.2, 0.25) is 0 Å². The summed E-state index contributed by atoms with van der Waals surface area (Å²) in [7, 11) is 1.42. The molecule has 4 nitrogen and oxygen atoms in total. The lowest BCUT2D eigenvalue weighted by Gasteiger charge is -2.02. The maximum absolute atomic E-state index is 11.1. The Morgan fingerprint density at radius 2 is 2.33 bits per heavy atom. The van der Waals surface area contributed by atoms with Gasteiger partial charge >= 0.3 is 0 Å². The van der Waals surface area contributed by atoms with E-state index in [4.69, 9.17) is 22.0 Å². The summed E-state index contributed by atoms with van der Waals surface area (Å²) in [5.74, 6) is -0.384. The Morgan fingerprint density at radius 1 is 1.75 bits per heavy atom. The lowest BCUT2D eigenvalue weighted by Crippen LogP contribution is -2.19. The third-order valence-corrected chi connectivity index (χ3v) is 1.83. The second kappa shape index (κ2) is 2.88. The van der Waals surface area contributed by atoms with Crippen molar-refractivity contribution in [3.05, 3.63) is 27.1 Å². The van der Waals surface area contributed by atoms with Gasteiger partial charge in [0.05, 0.1) is 0 Å². The lowest BCUT2D eigenvalue weighted by atomic mass is 10.3. The van der Waals surface area contributed by atoms with Gasteiger partial charge in [0, 0.05) is 13.1 Å². The number of aromatic hydroxyl groups is 1. The molecule has 5 heteroatoms. The van der Waals surface area contributed by atoms with Gasteiger partial charge in [0.1, 0.15) is 17.0 Å². The molecule has 12 heavy (non-hydrogen) atoms. The fraction of sp³-hybridized carbons (Fsp3) is 0.143. The Bertz CT molecular complexity index is 417. The Balaban J connectivity index is 3.66. The Labute approximate surface area is 73.2 Å². The average Bonchev–Trinajstić information content (AvgIpc) is 2.01. The van der Waals surface area contributed by atoms with Crippen LogP contribution >= 0.6 is 11.6 Å². The van der Waals surface area contributed by atoms with E-state index in [9.17, 15) is 4.79 Å². The van der Waals surface area contributed by atoms with Crippen LogP contribution in [0.25, 0.3) is 0 Å². The average molecular weight is 185 g/mol. The maximum Gasteiger partial charge on any atom is 0.273 e.